The standard InChI is InChI=1S/C15H15BrF2N2/c1-9-13(3-2-4-14(9)16)15(20-19)7-10-5-11(17)8-12(18)6-10/h2-6,8,15,20H,7,19H2,1H3. The van der Waals surface area contributed by atoms with Crippen molar-refractivity contribution in [2.75, 3.05) is 0 Å². The summed E-state index contributed by atoms with van der Waals surface area (Å²) in [4.78, 5) is 0. The van der Waals surface area contributed by atoms with Crippen LogP contribution >= 0.6 is 15.9 Å². The molecule has 0 aliphatic heterocycles. The first-order chi connectivity index (χ1) is 9.51. The quantitative estimate of drug-likeness (QED) is 0.656. The molecule has 20 heavy (non-hydrogen) atoms. The van der Waals surface area contributed by atoms with Crippen molar-refractivity contribution in [2.45, 2.75) is 19.4 Å². The number of benzene rings is 2. The summed E-state index contributed by atoms with van der Waals surface area (Å²) < 4.78 is 27.4. The van der Waals surface area contributed by atoms with Gasteiger partial charge in [-0.25, -0.2) is 8.78 Å². The van der Waals surface area contributed by atoms with Gasteiger partial charge in [0.1, 0.15) is 11.6 Å². The number of hydrogen-bond acceptors (Lipinski definition) is 2. The van der Waals surface area contributed by atoms with Crippen molar-refractivity contribution in [3.8, 4) is 0 Å². The number of nitrogens with two attached hydrogens (primary N) is 1. The maximum Gasteiger partial charge on any atom is 0.126 e. The highest BCUT2D eigenvalue weighted by Crippen LogP contribution is 2.26. The lowest BCUT2D eigenvalue weighted by atomic mass is 9.96. The molecule has 3 N–H and O–H groups in total. The third-order valence-electron chi connectivity index (χ3n) is 3.25. The van der Waals surface area contributed by atoms with Crippen LogP contribution in [-0.4, -0.2) is 0 Å². The van der Waals surface area contributed by atoms with Crippen molar-refractivity contribution in [3.05, 3.63) is 69.2 Å². The maximum absolute atomic E-state index is 13.2. The highest BCUT2D eigenvalue weighted by molar-refractivity contribution is 9.10. The van der Waals surface area contributed by atoms with Crippen molar-refractivity contribution in [1.29, 1.82) is 0 Å². The minimum absolute atomic E-state index is 0.214. The summed E-state index contributed by atoms with van der Waals surface area (Å²) in [5.74, 6) is 4.43. The van der Waals surface area contributed by atoms with E-state index in [0.717, 1.165) is 21.7 Å². The van der Waals surface area contributed by atoms with Gasteiger partial charge in [0.25, 0.3) is 0 Å². The molecule has 0 bridgehead atoms. The predicted octanol–water partition coefficient (Wildman–Crippen LogP) is 3.78. The van der Waals surface area contributed by atoms with Crippen LogP contribution in [0.15, 0.2) is 40.9 Å². The second-order valence-electron chi connectivity index (χ2n) is 4.66. The van der Waals surface area contributed by atoms with E-state index in [-0.39, 0.29) is 6.04 Å². The van der Waals surface area contributed by atoms with Gasteiger partial charge < -0.3 is 0 Å². The molecule has 106 valence electrons. The van der Waals surface area contributed by atoms with Crippen LogP contribution in [0.5, 0.6) is 0 Å². The zero-order valence-corrected chi connectivity index (χ0v) is 12.5. The van der Waals surface area contributed by atoms with Crippen LogP contribution in [0.4, 0.5) is 8.78 Å². The lowest BCUT2D eigenvalue weighted by Crippen LogP contribution is -2.30. The normalized spacial score (nSPS) is 12.4. The third kappa shape index (κ3) is 3.42. The van der Waals surface area contributed by atoms with Crippen molar-refractivity contribution in [2.24, 2.45) is 5.84 Å². The summed E-state index contributed by atoms with van der Waals surface area (Å²) in [5.41, 5.74) is 5.31. The fraction of sp³-hybridized carbons (Fsp3) is 0.200. The van der Waals surface area contributed by atoms with E-state index in [1.54, 1.807) is 0 Å². The Hall–Kier alpha value is -1.30. The van der Waals surface area contributed by atoms with Crippen LogP contribution in [0.25, 0.3) is 0 Å². The van der Waals surface area contributed by atoms with Gasteiger partial charge in [-0.15, -0.1) is 0 Å². The van der Waals surface area contributed by atoms with E-state index in [2.05, 4.69) is 21.4 Å². The number of hydrogen-bond donors (Lipinski definition) is 2. The van der Waals surface area contributed by atoms with E-state index < -0.39 is 11.6 Å². The van der Waals surface area contributed by atoms with Gasteiger partial charge in [0.15, 0.2) is 0 Å². The highest BCUT2D eigenvalue weighted by Gasteiger charge is 2.15. The first-order valence-corrected chi connectivity index (χ1v) is 6.96. The molecule has 0 aliphatic rings. The molecule has 1 unspecified atom stereocenters. The minimum Gasteiger partial charge on any atom is -0.271 e. The van der Waals surface area contributed by atoms with Crippen molar-refractivity contribution in [3.63, 3.8) is 0 Å². The molecule has 0 saturated heterocycles. The lowest BCUT2D eigenvalue weighted by molar-refractivity contribution is 0.538. The Morgan fingerprint density at radius 1 is 1.20 bits per heavy atom. The highest BCUT2D eigenvalue weighted by atomic mass is 79.9. The van der Waals surface area contributed by atoms with Crippen molar-refractivity contribution in [1.82, 2.24) is 5.43 Å². The molecule has 0 aliphatic carbocycles. The van der Waals surface area contributed by atoms with Gasteiger partial charge >= 0.3 is 0 Å². The van der Waals surface area contributed by atoms with E-state index in [0.29, 0.717) is 12.0 Å². The van der Waals surface area contributed by atoms with E-state index >= 15 is 0 Å². The zero-order valence-electron chi connectivity index (χ0n) is 11.0. The molecule has 0 aromatic heterocycles. The van der Waals surface area contributed by atoms with Gasteiger partial charge in [0, 0.05) is 10.5 Å². The summed E-state index contributed by atoms with van der Waals surface area (Å²) in [7, 11) is 0. The van der Waals surface area contributed by atoms with Crippen LogP contribution in [0.1, 0.15) is 22.7 Å². The van der Waals surface area contributed by atoms with E-state index in [1.165, 1.54) is 12.1 Å². The Balaban J connectivity index is 2.31. The van der Waals surface area contributed by atoms with Crippen LogP contribution in [0.3, 0.4) is 0 Å². The van der Waals surface area contributed by atoms with Crippen molar-refractivity contribution < 1.29 is 8.78 Å². The predicted molar refractivity (Wildman–Crippen MR) is 79.0 cm³/mol. The second kappa shape index (κ2) is 6.43. The molecule has 0 heterocycles. The van der Waals surface area contributed by atoms with Crippen LogP contribution < -0.4 is 11.3 Å². The van der Waals surface area contributed by atoms with Gasteiger partial charge in [0.05, 0.1) is 6.04 Å². The van der Waals surface area contributed by atoms with Gasteiger partial charge in [-0.2, -0.15) is 0 Å². The molecule has 0 fully saturated rings. The topological polar surface area (TPSA) is 38.0 Å². The van der Waals surface area contributed by atoms with Crippen molar-refractivity contribution >= 4 is 15.9 Å². The summed E-state index contributed by atoms with van der Waals surface area (Å²) in [6.07, 6.45) is 0.405. The number of rotatable bonds is 4. The largest absolute Gasteiger partial charge is 0.271 e. The molecule has 5 heteroatoms. The molecule has 0 amide bonds. The average Bonchev–Trinajstić information content (AvgIpc) is 2.38. The maximum atomic E-state index is 13.2. The number of nitrogens with one attached hydrogen (secondary N) is 1. The summed E-state index contributed by atoms with van der Waals surface area (Å²) in [6.45, 7) is 1.97. The fourth-order valence-corrected chi connectivity index (χ4v) is 2.61. The Bertz CT molecular complexity index is 597. The minimum atomic E-state index is -0.582. The van der Waals surface area contributed by atoms with E-state index in [9.17, 15) is 8.78 Å². The molecule has 2 nitrogen and oxygen atoms in total. The molecule has 0 saturated carbocycles. The van der Waals surface area contributed by atoms with Crippen LogP contribution in [0.2, 0.25) is 0 Å². The zero-order chi connectivity index (χ0) is 14.7. The molecule has 0 radical (unpaired) electrons. The van der Waals surface area contributed by atoms with Gasteiger partial charge in [-0.1, -0.05) is 28.1 Å². The molecule has 1 atom stereocenters. The number of halogens is 3. The smallest absolute Gasteiger partial charge is 0.126 e. The Labute approximate surface area is 125 Å². The monoisotopic (exact) mass is 340 g/mol. The molecular formula is C15H15BrF2N2. The summed E-state index contributed by atoms with van der Waals surface area (Å²) in [5, 5.41) is 0. The average molecular weight is 341 g/mol. The summed E-state index contributed by atoms with van der Waals surface area (Å²) in [6, 6.07) is 9.08. The summed E-state index contributed by atoms with van der Waals surface area (Å²) >= 11 is 3.46. The molecular weight excluding hydrogens is 326 g/mol. The molecule has 2 aromatic carbocycles. The first kappa shape index (κ1) is 15.1. The first-order valence-electron chi connectivity index (χ1n) is 6.17. The van der Waals surface area contributed by atoms with Crippen LogP contribution in [0, 0.1) is 18.6 Å². The molecule has 0 spiro atoms. The SMILES string of the molecule is Cc1c(Br)cccc1C(Cc1cc(F)cc(F)c1)NN. The van der Waals surface area contributed by atoms with Gasteiger partial charge in [0.2, 0.25) is 0 Å². The van der Waals surface area contributed by atoms with E-state index in [4.69, 9.17) is 5.84 Å². The third-order valence-corrected chi connectivity index (χ3v) is 4.11. The fourth-order valence-electron chi connectivity index (χ4n) is 2.22. The Kier molecular flexibility index (Phi) is 4.86. The van der Waals surface area contributed by atoms with Gasteiger partial charge in [-0.3, -0.25) is 11.3 Å². The lowest BCUT2D eigenvalue weighted by Gasteiger charge is -2.19. The van der Waals surface area contributed by atoms with Crippen LogP contribution in [-0.2, 0) is 6.42 Å². The number of hydrazine groups is 1. The van der Waals surface area contributed by atoms with Gasteiger partial charge in [-0.05, 0) is 48.2 Å². The van der Waals surface area contributed by atoms with E-state index in [1.807, 2.05) is 25.1 Å². The second-order valence-corrected chi connectivity index (χ2v) is 5.51. The molecule has 2 aromatic rings. The Morgan fingerprint density at radius 2 is 1.85 bits per heavy atom. The molecule has 2 rings (SSSR count). The Morgan fingerprint density at radius 3 is 2.45 bits per heavy atom.